The van der Waals surface area contributed by atoms with Gasteiger partial charge in [-0.05, 0) is 19.1 Å². The Hall–Kier alpha value is -2.51. The van der Waals surface area contributed by atoms with Gasteiger partial charge in [-0.1, -0.05) is 30.8 Å². The summed E-state index contributed by atoms with van der Waals surface area (Å²) < 4.78 is 33.2. The maximum absolute atomic E-state index is 12.7. The lowest BCUT2D eigenvalue weighted by molar-refractivity contribution is -0.114. The van der Waals surface area contributed by atoms with E-state index in [1.165, 1.54) is 16.6 Å². The molecule has 0 spiro atoms. The van der Waals surface area contributed by atoms with Crippen LogP contribution in [-0.4, -0.2) is 62.2 Å². The number of fused-ring (bicyclic) bond motifs is 1. The number of carbonyl (C=O) groups excluding carboxylic acids is 1. The predicted octanol–water partition coefficient (Wildman–Crippen LogP) is 1.18. The molecule has 0 aromatic carbocycles. The molecule has 0 unspecified atom stereocenters. The van der Waals surface area contributed by atoms with Gasteiger partial charge in [0.1, 0.15) is 0 Å². The van der Waals surface area contributed by atoms with Crippen LogP contribution in [-0.2, 0) is 14.8 Å². The molecule has 0 fully saturated rings. The zero-order valence-corrected chi connectivity index (χ0v) is 17.1. The standard InChI is InChI=1S/C15H19N7O4S2/c1-4-21(5-2)28(24,25)11-6-7-12-18-19-15(22(12)8-11)27-9-13(23)17-14-16-10(3)20-26-14/h6-8H,4-5,9H2,1-3H3,(H,16,17,20,23). The second-order valence-corrected chi connectivity index (χ2v) is 8.53. The van der Waals surface area contributed by atoms with Crippen LogP contribution in [0.2, 0.25) is 0 Å². The van der Waals surface area contributed by atoms with Gasteiger partial charge >= 0.3 is 6.01 Å². The Morgan fingerprint density at radius 2 is 2.04 bits per heavy atom. The Kier molecular flexibility index (Phi) is 5.96. The zero-order chi connectivity index (χ0) is 20.3. The van der Waals surface area contributed by atoms with Crippen molar-refractivity contribution in [3.63, 3.8) is 0 Å². The fourth-order valence-electron chi connectivity index (χ4n) is 2.45. The average Bonchev–Trinajstić information content (AvgIpc) is 3.26. The molecule has 0 saturated heterocycles. The topological polar surface area (TPSA) is 136 Å². The summed E-state index contributed by atoms with van der Waals surface area (Å²) in [7, 11) is -3.62. The van der Waals surface area contributed by atoms with E-state index in [1.54, 1.807) is 31.2 Å². The van der Waals surface area contributed by atoms with Gasteiger partial charge in [0.15, 0.2) is 16.6 Å². The normalized spacial score (nSPS) is 12.0. The van der Waals surface area contributed by atoms with Crippen molar-refractivity contribution in [3.05, 3.63) is 24.2 Å². The highest BCUT2D eigenvalue weighted by molar-refractivity contribution is 7.99. The Morgan fingerprint density at radius 3 is 2.68 bits per heavy atom. The molecule has 0 saturated carbocycles. The van der Waals surface area contributed by atoms with Gasteiger partial charge in [0, 0.05) is 19.3 Å². The third kappa shape index (κ3) is 4.15. The van der Waals surface area contributed by atoms with Crippen LogP contribution >= 0.6 is 11.8 Å². The minimum absolute atomic E-state index is 0.00917. The molecule has 1 N–H and O–H groups in total. The van der Waals surface area contributed by atoms with E-state index in [4.69, 9.17) is 4.52 Å². The molecule has 3 rings (SSSR count). The molecule has 0 aliphatic carbocycles. The number of carbonyl (C=O) groups is 1. The molecule has 0 bridgehead atoms. The number of nitrogens with one attached hydrogen (secondary N) is 1. The fourth-order valence-corrected chi connectivity index (χ4v) is 4.62. The van der Waals surface area contributed by atoms with Crippen LogP contribution in [0.5, 0.6) is 0 Å². The largest absolute Gasteiger partial charge is 0.328 e. The van der Waals surface area contributed by atoms with E-state index >= 15 is 0 Å². The van der Waals surface area contributed by atoms with Gasteiger partial charge in [-0.3, -0.25) is 14.5 Å². The first-order chi connectivity index (χ1) is 13.3. The van der Waals surface area contributed by atoms with E-state index in [-0.39, 0.29) is 22.6 Å². The molecule has 13 heteroatoms. The highest BCUT2D eigenvalue weighted by Crippen LogP contribution is 2.21. The fraction of sp³-hybridized carbons (Fsp3) is 0.400. The number of hydrogen-bond acceptors (Lipinski definition) is 9. The molecule has 3 heterocycles. The SMILES string of the molecule is CCN(CC)S(=O)(=O)c1ccc2nnc(SCC(=O)Nc3nc(C)no3)n2c1. The number of thioether (sulfide) groups is 1. The lowest BCUT2D eigenvalue weighted by Gasteiger charge is -2.18. The predicted molar refractivity (Wildman–Crippen MR) is 101 cm³/mol. The number of sulfonamides is 1. The molecule has 0 atom stereocenters. The van der Waals surface area contributed by atoms with Crippen molar-refractivity contribution in [2.75, 3.05) is 24.2 Å². The van der Waals surface area contributed by atoms with Crippen molar-refractivity contribution in [2.45, 2.75) is 30.8 Å². The van der Waals surface area contributed by atoms with Gasteiger partial charge in [0.2, 0.25) is 15.9 Å². The molecular formula is C15H19N7O4S2. The molecule has 28 heavy (non-hydrogen) atoms. The maximum atomic E-state index is 12.7. The second-order valence-electron chi connectivity index (χ2n) is 5.65. The van der Waals surface area contributed by atoms with E-state index in [1.807, 2.05) is 0 Å². The maximum Gasteiger partial charge on any atom is 0.328 e. The summed E-state index contributed by atoms with van der Waals surface area (Å²) in [6.07, 6.45) is 1.46. The van der Waals surface area contributed by atoms with Crippen LogP contribution in [0.15, 0.2) is 32.9 Å². The number of rotatable bonds is 8. The summed E-state index contributed by atoms with van der Waals surface area (Å²) in [6.45, 7) is 5.94. The number of hydrogen-bond donors (Lipinski definition) is 1. The highest BCUT2D eigenvalue weighted by atomic mass is 32.2. The van der Waals surface area contributed by atoms with Gasteiger partial charge in [-0.25, -0.2) is 8.42 Å². The van der Waals surface area contributed by atoms with Gasteiger partial charge in [0.25, 0.3) is 0 Å². The molecule has 0 aliphatic rings. The highest BCUT2D eigenvalue weighted by Gasteiger charge is 2.23. The smallest absolute Gasteiger partial charge is 0.315 e. The quantitative estimate of drug-likeness (QED) is 0.528. The van der Waals surface area contributed by atoms with Crippen molar-refractivity contribution in [2.24, 2.45) is 0 Å². The number of aryl methyl sites for hydroxylation is 1. The summed E-state index contributed by atoms with van der Waals surface area (Å²) in [5.74, 6) is 0.0561. The first-order valence-corrected chi connectivity index (χ1v) is 10.9. The van der Waals surface area contributed by atoms with Crippen molar-refractivity contribution in [1.29, 1.82) is 0 Å². The van der Waals surface area contributed by atoms with E-state index in [9.17, 15) is 13.2 Å². The summed E-state index contributed by atoms with van der Waals surface area (Å²) in [4.78, 5) is 16.1. The third-order valence-corrected chi connectivity index (χ3v) is 6.77. The van der Waals surface area contributed by atoms with Gasteiger partial charge in [-0.2, -0.15) is 9.29 Å². The lowest BCUT2D eigenvalue weighted by Crippen LogP contribution is -2.30. The Morgan fingerprint density at radius 1 is 1.29 bits per heavy atom. The molecule has 150 valence electrons. The number of pyridine rings is 1. The molecular weight excluding hydrogens is 406 g/mol. The van der Waals surface area contributed by atoms with Gasteiger partial charge in [0.05, 0.1) is 10.6 Å². The minimum atomic E-state index is -3.62. The van der Waals surface area contributed by atoms with Crippen LogP contribution < -0.4 is 5.32 Å². The van der Waals surface area contributed by atoms with Gasteiger partial charge < -0.3 is 4.52 Å². The van der Waals surface area contributed by atoms with Gasteiger partial charge in [-0.15, -0.1) is 10.2 Å². The number of nitrogens with zero attached hydrogens (tertiary/aromatic N) is 6. The van der Waals surface area contributed by atoms with Crippen LogP contribution in [0.25, 0.3) is 5.65 Å². The minimum Gasteiger partial charge on any atom is -0.315 e. The molecule has 1 amide bonds. The van der Waals surface area contributed by atoms with Crippen molar-refractivity contribution in [3.8, 4) is 0 Å². The van der Waals surface area contributed by atoms with Crippen molar-refractivity contribution < 1.29 is 17.7 Å². The number of anilines is 1. The average molecular weight is 425 g/mol. The Balaban J connectivity index is 1.78. The van der Waals surface area contributed by atoms with Crippen LogP contribution in [0, 0.1) is 6.92 Å². The summed E-state index contributed by atoms with van der Waals surface area (Å²) in [5.41, 5.74) is 0.480. The van der Waals surface area contributed by atoms with Crippen LogP contribution in [0.3, 0.4) is 0 Å². The molecule has 0 radical (unpaired) electrons. The van der Waals surface area contributed by atoms with E-state index in [0.29, 0.717) is 29.7 Å². The molecule has 0 aliphatic heterocycles. The van der Waals surface area contributed by atoms with Crippen molar-refractivity contribution >= 4 is 39.4 Å². The zero-order valence-electron chi connectivity index (χ0n) is 15.5. The Labute approximate surface area is 165 Å². The summed E-state index contributed by atoms with van der Waals surface area (Å²) >= 11 is 1.11. The number of amides is 1. The summed E-state index contributed by atoms with van der Waals surface area (Å²) in [6, 6.07) is 3.09. The van der Waals surface area contributed by atoms with Crippen LogP contribution in [0.4, 0.5) is 6.01 Å². The first-order valence-electron chi connectivity index (χ1n) is 8.43. The summed E-state index contributed by atoms with van der Waals surface area (Å²) in [5, 5.41) is 14.5. The Bertz CT molecular complexity index is 1090. The van der Waals surface area contributed by atoms with Crippen LogP contribution in [0.1, 0.15) is 19.7 Å². The van der Waals surface area contributed by atoms with E-state index < -0.39 is 10.0 Å². The molecule has 3 aromatic rings. The third-order valence-electron chi connectivity index (χ3n) is 3.79. The molecule has 11 nitrogen and oxygen atoms in total. The number of aromatic nitrogens is 5. The van der Waals surface area contributed by atoms with E-state index in [2.05, 4.69) is 25.7 Å². The molecule has 3 aromatic heterocycles. The first kappa shape index (κ1) is 20.2. The van der Waals surface area contributed by atoms with E-state index in [0.717, 1.165) is 11.8 Å². The lowest BCUT2D eigenvalue weighted by atomic mass is 10.5. The van der Waals surface area contributed by atoms with Crippen molar-refractivity contribution in [1.82, 2.24) is 29.0 Å². The second kappa shape index (κ2) is 8.24. The monoisotopic (exact) mass is 425 g/mol.